The molecule has 1 aromatic heterocycles. The van der Waals surface area contributed by atoms with Gasteiger partial charge in [-0.1, -0.05) is 30.3 Å². The molecule has 2 atom stereocenters. The van der Waals surface area contributed by atoms with E-state index in [-0.39, 0.29) is 12.3 Å². The summed E-state index contributed by atoms with van der Waals surface area (Å²) >= 11 is 6.35. The van der Waals surface area contributed by atoms with Crippen LogP contribution in [0.2, 0.25) is 0 Å². The van der Waals surface area contributed by atoms with Crippen molar-refractivity contribution in [1.29, 1.82) is 0 Å². The molecule has 6 heteroatoms. The second-order valence-electron chi connectivity index (χ2n) is 5.54. The summed E-state index contributed by atoms with van der Waals surface area (Å²) in [6.45, 7) is 3.97. The van der Waals surface area contributed by atoms with Gasteiger partial charge < -0.3 is 9.64 Å². The molecule has 1 aliphatic rings. The lowest BCUT2D eigenvalue weighted by atomic mass is 10.0. The SMILES string of the molecule is CCOC1CN(Cl)CC(Cc2ccccc2)N1c1ncccn1. The molecular formula is C17H21ClN4O. The van der Waals surface area contributed by atoms with Crippen molar-refractivity contribution in [2.75, 3.05) is 24.6 Å². The molecule has 0 bridgehead atoms. The Hall–Kier alpha value is -1.69. The van der Waals surface area contributed by atoms with Crippen molar-refractivity contribution in [3.63, 3.8) is 0 Å². The molecule has 23 heavy (non-hydrogen) atoms. The van der Waals surface area contributed by atoms with Crippen LogP contribution in [0.1, 0.15) is 12.5 Å². The van der Waals surface area contributed by atoms with Crippen molar-refractivity contribution in [2.45, 2.75) is 25.6 Å². The lowest BCUT2D eigenvalue weighted by Gasteiger charge is -2.44. The third kappa shape index (κ3) is 3.99. The van der Waals surface area contributed by atoms with Crippen LogP contribution in [-0.4, -0.2) is 46.4 Å². The Labute approximate surface area is 142 Å². The van der Waals surface area contributed by atoms with Crippen molar-refractivity contribution in [3.8, 4) is 0 Å². The highest BCUT2D eigenvalue weighted by molar-refractivity contribution is 6.13. The van der Waals surface area contributed by atoms with E-state index in [9.17, 15) is 0 Å². The number of piperazine rings is 1. The second kappa shape index (κ2) is 7.73. The molecule has 0 aliphatic carbocycles. The molecule has 1 aromatic carbocycles. The second-order valence-corrected chi connectivity index (χ2v) is 6.02. The molecule has 0 N–H and O–H groups in total. The summed E-state index contributed by atoms with van der Waals surface area (Å²) in [5, 5.41) is 0. The van der Waals surface area contributed by atoms with Gasteiger partial charge in [0.2, 0.25) is 5.95 Å². The van der Waals surface area contributed by atoms with Crippen LogP contribution in [0.4, 0.5) is 5.95 Å². The van der Waals surface area contributed by atoms with Crippen molar-refractivity contribution in [1.82, 2.24) is 14.4 Å². The first-order chi connectivity index (χ1) is 11.3. The Balaban J connectivity index is 1.89. The van der Waals surface area contributed by atoms with Crippen LogP contribution in [0.15, 0.2) is 48.8 Å². The fraction of sp³-hybridized carbons (Fsp3) is 0.412. The predicted octanol–water partition coefficient (Wildman–Crippen LogP) is 2.73. The van der Waals surface area contributed by atoms with Gasteiger partial charge in [0, 0.05) is 25.5 Å². The van der Waals surface area contributed by atoms with Crippen LogP contribution in [-0.2, 0) is 11.2 Å². The summed E-state index contributed by atoms with van der Waals surface area (Å²) in [6, 6.07) is 12.4. The highest BCUT2D eigenvalue weighted by Crippen LogP contribution is 2.25. The molecule has 0 spiro atoms. The average molecular weight is 333 g/mol. The zero-order chi connectivity index (χ0) is 16.1. The van der Waals surface area contributed by atoms with Gasteiger partial charge in [-0.15, -0.1) is 0 Å². The van der Waals surface area contributed by atoms with Gasteiger partial charge in [0.05, 0.1) is 12.6 Å². The van der Waals surface area contributed by atoms with Gasteiger partial charge in [-0.2, -0.15) is 0 Å². The third-order valence-corrected chi connectivity index (χ3v) is 4.20. The molecule has 1 saturated heterocycles. The maximum atomic E-state index is 6.35. The summed E-state index contributed by atoms with van der Waals surface area (Å²) in [4.78, 5) is 11.0. The molecule has 2 aromatic rings. The molecule has 0 amide bonds. The van der Waals surface area contributed by atoms with E-state index < -0.39 is 0 Å². The number of halogens is 1. The molecule has 0 saturated carbocycles. The van der Waals surface area contributed by atoms with E-state index in [1.165, 1.54) is 5.56 Å². The molecule has 3 rings (SSSR count). The number of hydrogen-bond acceptors (Lipinski definition) is 5. The topological polar surface area (TPSA) is 41.5 Å². The first-order valence-corrected chi connectivity index (χ1v) is 8.23. The van der Waals surface area contributed by atoms with E-state index in [1.54, 1.807) is 16.8 Å². The van der Waals surface area contributed by atoms with Gasteiger partial charge in [0.1, 0.15) is 6.23 Å². The van der Waals surface area contributed by atoms with E-state index in [4.69, 9.17) is 16.5 Å². The van der Waals surface area contributed by atoms with Crippen molar-refractivity contribution in [2.24, 2.45) is 0 Å². The minimum Gasteiger partial charge on any atom is -0.357 e. The Morgan fingerprint density at radius 2 is 1.87 bits per heavy atom. The first-order valence-electron chi connectivity index (χ1n) is 7.89. The molecular weight excluding hydrogens is 312 g/mol. The molecule has 122 valence electrons. The van der Waals surface area contributed by atoms with E-state index in [0.29, 0.717) is 19.1 Å². The fourth-order valence-corrected chi connectivity index (χ4v) is 3.25. The summed E-state index contributed by atoms with van der Waals surface area (Å²) in [6.07, 6.45) is 4.24. The zero-order valence-electron chi connectivity index (χ0n) is 13.2. The van der Waals surface area contributed by atoms with Crippen molar-refractivity contribution in [3.05, 3.63) is 54.4 Å². The van der Waals surface area contributed by atoms with Crippen LogP contribution in [0.3, 0.4) is 0 Å². The van der Waals surface area contributed by atoms with Crippen LogP contribution >= 0.6 is 11.8 Å². The van der Waals surface area contributed by atoms with Gasteiger partial charge in [0.25, 0.3) is 0 Å². The van der Waals surface area contributed by atoms with E-state index in [1.807, 2.05) is 19.1 Å². The highest BCUT2D eigenvalue weighted by atomic mass is 35.5. The minimum atomic E-state index is -0.151. The number of hydrogen-bond donors (Lipinski definition) is 0. The lowest BCUT2D eigenvalue weighted by Crippen LogP contribution is -2.59. The van der Waals surface area contributed by atoms with Gasteiger partial charge in [-0.3, -0.25) is 0 Å². The molecule has 5 nitrogen and oxygen atoms in total. The molecule has 1 aliphatic heterocycles. The highest BCUT2D eigenvalue weighted by Gasteiger charge is 2.36. The Kier molecular flexibility index (Phi) is 5.43. The fourth-order valence-electron chi connectivity index (χ4n) is 2.97. The number of benzene rings is 1. The van der Waals surface area contributed by atoms with Crippen molar-refractivity contribution >= 4 is 17.7 Å². The largest absolute Gasteiger partial charge is 0.357 e. The molecule has 0 radical (unpaired) electrons. The summed E-state index contributed by atoms with van der Waals surface area (Å²) in [5.41, 5.74) is 1.26. The third-order valence-electron chi connectivity index (χ3n) is 3.92. The Morgan fingerprint density at radius 1 is 1.13 bits per heavy atom. The maximum Gasteiger partial charge on any atom is 0.227 e. The Morgan fingerprint density at radius 3 is 2.57 bits per heavy atom. The Bertz CT molecular complexity index is 598. The maximum absolute atomic E-state index is 6.35. The van der Waals surface area contributed by atoms with E-state index >= 15 is 0 Å². The van der Waals surface area contributed by atoms with Gasteiger partial charge in [-0.05, 0) is 36.8 Å². The number of ether oxygens (including phenoxy) is 1. The summed E-state index contributed by atoms with van der Waals surface area (Å²) in [5.74, 6) is 0.691. The predicted molar refractivity (Wildman–Crippen MR) is 91.3 cm³/mol. The average Bonchev–Trinajstić information content (AvgIpc) is 2.57. The van der Waals surface area contributed by atoms with Crippen LogP contribution < -0.4 is 4.90 Å². The summed E-state index contributed by atoms with van der Waals surface area (Å²) < 4.78 is 7.71. The minimum absolute atomic E-state index is 0.151. The standard InChI is InChI=1S/C17H21ClN4O/c1-2-23-16-13-21(18)12-15(11-14-7-4-3-5-8-14)22(16)17-19-9-6-10-20-17/h3-10,15-16H,2,11-13H2,1H3. The van der Waals surface area contributed by atoms with Crippen LogP contribution in [0, 0.1) is 0 Å². The lowest BCUT2D eigenvalue weighted by molar-refractivity contribution is 0.0216. The monoisotopic (exact) mass is 332 g/mol. The van der Waals surface area contributed by atoms with Gasteiger partial charge in [0.15, 0.2) is 0 Å². The summed E-state index contributed by atoms with van der Waals surface area (Å²) in [7, 11) is 0. The van der Waals surface area contributed by atoms with Crippen molar-refractivity contribution < 1.29 is 4.74 Å². The quantitative estimate of drug-likeness (QED) is 0.787. The number of anilines is 1. The first kappa shape index (κ1) is 16.2. The molecule has 2 heterocycles. The number of nitrogens with zero attached hydrogens (tertiary/aromatic N) is 4. The molecule has 2 unspecified atom stereocenters. The van der Waals surface area contributed by atoms with E-state index in [0.717, 1.165) is 13.0 Å². The van der Waals surface area contributed by atoms with Gasteiger partial charge in [-0.25, -0.2) is 14.4 Å². The zero-order valence-corrected chi connectivity index (χ0v) is 13.9. The van der Waals surface area contributed by atoms with Gasteiger partial charge >= 0.3 is 0 Å². The smallest absolute Gasteiger partial charge is 0.227 e. The van der Waals surface area contributed by atoms with E-state index in [2.05, 4.69) is 39.1 Å². The van der Waals surface area contributed by atoms with Crippen LogP contribution in [0.5, 0.6) is 0 Å². The number of aromatic nitrogens is 2. The number of rotatable bonds is 5. The molecule has 1 fully saturated rings. The van der Waals surface area contributed by atoms with Crippen LogP contribution in [0.25, 0.3) is 0 Å². The normalized spacial score (nSPS) is 22.3.